The number of aryl methyl sites for hydroxylation is 1. The van der Waals surface area contributed by atoms with Crippen molar-refractivity contribution in [2.24, 2.45) is 5.92 Å². The predicted octanol–water partition coefficient (Wildman–Crippen LogP) is 6.43. The van der Waals surface area contributed by atoms with Gasteiger partial charge in [0.1, 0.15) is 6.07 Å². The number of allylic oxidation sites excluding steroid dienone is 4. The maximum absolute atomic E-state index is 12.7. The van der Waals surface area contributed by atoms with Crippen molar-refractivity contribution in [3.8, 4) is 6.07 Å². The van der Waals surface area contributed by atoms with Crippen LogP contribution in [-0.4, -0.2) is 6.10 Å². The number of hydrogen-bond donors (Lipinski definition) is 0. The molecule has 2 rings (SSSR count). The number of benzene rings is 1. The molecule has 0 aliphatic heterocycles. The van der Waals surface area contributed by atoms with Gasteiger partial charge in [-0.15, -0.1) is 0 Å². The van der Waals surface area contributed by atoms with Gasteiger partial charge in [-0.05, 0) is 61.6 Å². The van der Waals surface area contributed by atoms with E-state index in [2.05, 4.69) is 31.2 Å². The molecule has 1 saturated carbocycles. The smallest absolute Gasteiger partial charge is 0.199 e. The largest absolute Gasteiger partial charge is 0.374 e. The minimum Gasteiger partial charge on any atom is -0.374 e. The van der Waals surface area contributed by atoms with Gasteiger partial charge < -0.3 is 4.74 Å². The molecule has 0 unspecified atom stereocenters. The lowest BCUT2D eigenvalue weighted by Gasteiger charge is -2.26. The quantitative estimate of drug-likeness (QED) is 0.290. The normalized spacial score (nSPS) is 21.0. The van der Waals surface area contributed by atoms with Crippen molar-refractivity contribution < 1.29 is 9.13 Å². The fraction of sp³-hybridized carbons (Fsp3) is 0.522. The topological polar surface area (TPSA) is 33.0 Å². The van der Waals surface area contributed by atoms with Gasteiger partial charge in [0.05, 0.1) is 12.7 Å². The van der Waals surface area contributed by atoms with E-state index in [0.717, 1.165) is 25.7 Å². The number of halogens is 1. The second-order valence-corrected chi connectivity index (χ2v) is 7.13. The van der Waals surface area contributed by atoms with Crippen molar-refractivity contribution in [3.05, 3.63) is 59.4 Å². The van der Waals surface area contributed by atoms with E-state index in [9.17, 15) is 4.39 Å². The molecule has 1 fully saturated rings. The minimum absolute atomic E-state index is 0.315. The summed E-state index contributed by atoms with van der Waals surface area (Å²) in [4.78, 5) is 0. The summed E-state index contributed by atoms with van der Waals surface area (Å²) in [6, 6.07) is 10.3. The highest BCUT2D eigenvalue weighted by molar-refractivity contribution is 5.22. The van der Waals surface area contributed by atoms with Crippen LogP contribution in [0.3, 0.4) is 0 Å². The maximum Gasteiger partial charge on any atom is 0.199 e. The lowest BCUT2D eigenvalue weighted by Crippen LogP contribution is -2.20. The lowest BCUT2D eigenvalue weighted by molar-refractivity contribution is 0.0110. The van der Waals surface area contributed by atoms with Gasteiger partial charge >= 0.3 is 0 Å². The summed E-state index contributed by atoms with van der Waals surface area (Å²) in [5, 5.41) is 8.38. The van der Waals surface area contributed by atoms with Gasteiger partial charge in [-0.3, -0.25) is 0 Å². The molecule has 0 radical (unpaired) electrons. The molecule has 0 N–H and O–H groups in total. The fourth-order valence-electron chi connectivity index (χ4n) is 3.38. The van der Waals surface area contributed by atoms with Gasteiger partial charge in [-0.25, -0.2) is 0 Å². The number of unbranched alkanes of at least 4 members (excludes halogenated alkanes) is 2. The monoisotopic (exact) mass is 355 g/mol. The Morgan fingerprint density at radius 2 is 1.85 bits per heavy atom. The Labute approximate surface area is 157 Å². The molecule has 0 saturated heterocycles. The van der Waals surface area contributed by atoms with Crippen LogP contribution in [0, 0.1) is 17.2 Å². The van der Waals surface area contributed by atoms with E-state index in [4.69, 9.17) is 10.00 Å². The highest BCUT2D eigenvalue weighted by atomic mass is 19.1. The van der Waals surface area contributed by atoms with Crippen LogP contribution in [0.1, 0.15) is 63.0 Å². The summed E-state index contributed by atoms with van der Waals surface area (Å²) in [6.07, 6.45) is 14.4. The first-order chi connectivity index (χ1) is 12.7. The summed E-state index contributed by atoms with van der Waals surface area (Å²) in [5.41, 5.74) is 2.65. The third-order valence-corrected chi connectivity index (χ3v) is 5.03. The Morgan fingerprint density at radius 1 is 1.15 bits per heavy atom. The first-order valence-corrected chi connectivity index (χ1v) is 9.84. The molecule has 0 spiro atoms. The third-order valence-electron chi connectivity index (χ3n) is 5.03. The lowest BCUT2D eigenvalue weighted by atomic mass is 9.87. The summed E-state index contributed by atoms with van der Waals surface area (Å²) in [5.74, 6) is -0.283. The van der Waals surface area contributed by atoms with Crippen molar-refractivity contribution in [2.75, 3.05) is 0 Å². The molecule has 140 valence electrons. The molecule has 1 aliphatic carbocycles. The number of nitriles is 1. The summed E-state index contributed by atoms with van der Waals surface area (Å²) < 4.78 is 18.8. The van der Waals surface area contributed by atoms with Gasteiger partial charge in [0.2, 0.25) is 0 Å². The third kappa shape index (κ3) is 7.54. The molecule has 0 bridgehead atoms. The van der Waals surface area contributed by atoms with Crippen LogP contribution in [0.5, 0.6) is 0 Å². The molecule has 1 aliphatic rings. The summed E-state index contributed by atoms with van der Waals surface area (Å²) in [7, 11) is 0. The van der Waals surface area contributed by atoms with Gasteiger partial charge in [0, 0.05) is 0 Å². The standard InChI is InChI=1S/C23H30FNO/c1-2-3-4-6-19-9-11-21(12-10-19)18-26-23-15-13-20(14-16-23)7-5-8-22(24)17-25/h5,7-12,20,23H,2-4,6,13-16,18H2,1H3/b7-5+,22-8-/t20-,23-. The molecule has 0 atom stereocenters. The molecule has 26 heavy (non-hydrogen) atoms. The second kappa shape index (κ2) is 11.6. The van der Waals surface area contributed by atoms with Crippen LogP contribution in [0.25, 0.3) is 0 Å². The Kier molecular flexibility index (Phi) is 9.14. The molecule has 0 heterocycles. The Bertz CT molecular complexity index is 619. The zero-order valence-corrected chi connectivity index (χ0v) is 15.8. The van der Waals surface area contributed by atoms with Crippen molar-refractivity contribution in [1.82, 2.24) is 0 Å². The molecule has 0 amide bonds. The summed E-state index contributed by atoms with van der Waals surface area (Å²) >= 11 is 0. The summed E-state index contributed by atoms with van der Waals surface area (Å²) in [6.45, 7) is 2.91. The maximum atomic E-state index is 12.7. The first kappa shape index (κ1) is 20.4. The van der Waals surface area contributed by atoms with E-state index >= 15 is 0 Å². The van der Waals surface area contributed by atoms with E-state index in [-0.39, 0.29) is 0 Å². The Hall–Kier alpha value is -1.92. The van der Waals surface area contributed by atoms with E-state index in [1.807, 2.05) is 6.08 Å². The molecule has 2 nitrogen and oxygen atoms in total. The SMILES string of the molecule is CCCCCc1ccc(CO[C@H]2CC[C@H](/C=C/C=C(\F)C#N)CC2)cc1. The van der Waals surface area contributed by atoms with Gasteiger partial charge in [0.25, 0.3) is 0 Å². The van der Waals surface area contributed by atoms with E-state index in [0.29, 0.717) is 18.6 Å². The van der Waals surface area contributed by atoms with Crippen LogP contribution >= 0.6 is 0 Å². The minimum atomic E-state index is -0.741. The molecular formula is C23H30FNO. The number of rotatable bonds is 9. The second-order valence-electron chi connectivity index (χ2n) is 7.13. The van der Waals surface area contributed by atoms with E-state index in [1.165, 1.54) is 49.0 Å². The van der Waals surface area contributed by atoms with Crippen molar-refractivity contribution in [3.63, 3.8) is 0 Å². The fourth-order valence-corrected chi connectivity index (χ4v) is 3.38. The van der Waals surface area contributed by atoms with Crippen LogP contribution in [0.2, 0.25) is 0 Å². The van der Waals surface area contributed by atoms with Crippen molar-refractivity contribution in [1.29, 1.82) is 5.26 Å². The van der Waals surface area contributed by atoms with Crippen LogP contribution < -0.4 is 0 Å². The van der Waals surface area contributed by atoms with Gasteiger partial charge in [-0.1, -0.05) is 56.2 Å². The zero-order chi connectivity index (χ0) is 18.6. The first-order valence-electron chi connectivity index (χ1n) is 9.84. The van der Waals surface area contributed by atoms with E-state index in [1.54, 1.807) is 6.08 Å². The Balaban J connectivity index is 1.67. The predicted molar refractivity (Wildman–Crippen MR) is 104 cm³/mol. The van der Waals surface area contributed by atoms with Crippen molar-refractivity contribution >= 4 is 0 Å². The van der Waals surface area contributed by atoms with Crippen LogP contribution in [0.15, 0.2) is 48.3 Å². The van der Waals surface area contributed by atoms with Crippen LogP contribution in [0.4, 0.5) is 4.39 Å². The van der Waals surface area contributed by atoms with Gasteiger partial charge in [0.15, 0.2) is 5.83 Å². The molecule has 1 aromatic carbocycles. The molecule has 3 heteroatoms. The van der Waals surface area contributed by atoms with Crippen LogP contribution in [-0.2, 0) is 17.8 Å². The average Bonchev–Trinajstić information content (AvgIpc) is 2.68. The Morgan fingerprint density at radius 3 is 2.50 bits per heavy atom. The number of hydrogen-bond acceptors (Lipinski definition) is 2. The molecular weight excluding hydrogens is 325 g/mol. The average molecular weight is 355 g/mol. The zero-order valence-electron chi connectivity index (χ0n) is 15.8. The van der Waals surface area contributed by atoms with Crippen molar-refractivity contribution in [2.45, 2.75) is 71.0 Å². The van der Waals surface area contributed by atoms with E-state index < -0.39 is 5.83 Å². The highest BCUT2D eigenvalue weighted by Crippen LogP contribution is 2.28. The molecule has 1 aromatic rings. The number of nitrogens with zero attached hydrogens (tertiary/aromatic N) is 1. The molecule has 0 aromatic heterocycles. The van der Waals surface area contributed by atoms with Gasteiger partial charge in [-0.2, -0.15) is 9.65 Å². The highest BCUT2D eigenvalue weighted by Gasteiger charge is 2.19. The number of ether oxygens (including phenoxy) is 1.